The number of benzene rings is 2. The van der Waals surface area contributed by atoms with Crippen molar-refractivity contribution in [2.45, 2.75) is 6.92 Å². The standard InChI is InChI=1S/C20H10ClN5O2/c1-11-6-14(25-17(10-24)12(8-22)9-23)3-5-18(11)26-19(27)15-4-2-13(21)7-16(15)20(26)28/h2-7,25H,1H3. The van der Waals surface area contributed by atoms with E-state index >= 15 is 0 Å². The van der Waals surface area contributed by atoms with E-state index in [2.05, 4.69) is 5.32 Å². The number of nitrogens with one attached hydrogen (secondary N) is 1. The Kier molecular flexibility index (Phi) is 4.83. The summed E-state index contributed by atoms with van der Waals surface area (Å²) in [4.78, 5) is 26.4. The third-order valence-electron chi connectivity index (χ3n) is 4.14. The van der Waals surface area contributed by atoms with Gasteiger partial charge in [0.05, 0.1) is 16.8 Å². The van der Waals surface area contributed by atoms with Gasteiger partial charge in [-0.05, 0) is 48.9 Å². The molecule has 7 nitrogen and oxygen atoms in total. The first-order valence-electron chi connectivity index (χ1n) is 7.91. The van der Waals surface area contributed by atoms with Crippen molar-refractivity contribution in [1.82, 2.24) is 0 Å². The van der Waals surface area contributed by atoms with Crippen LogP contribution in [0.2, 0.25) is 5.02 Å². The van der Waals surface area contributed by atoms with Gasteiger partial charge < -0.3 is 5.32 Å². The van der Waals surface area contributed by atoms with Crippen LogP contribution in [-0.4, -0.2) is 11.8 Å². The van der Waals surface area contributed by atoms with Gasteiger partial charge in [-0.15, -0.1) is 0 Å². The molecule has 134 valence electrons. The first-order valence-corrected chi connectivity index (χ1v) is 8.29. The van der Waals surface area contributed by atoms with Gasteiger partial charge in [0.2, 0.25) is 0 Å². The fourth-order valence-electron chi connectivity index (χ4n) is 2.84. The molecule has 0 fully saturated rings. The Morgan fingerprint density at radius 1 is 0.964 bits per heavy atom. The van der Waals surface area contributed by atoms with E-state index in [1.807, 2.05) is 0 Å². The second kappa shape index (κ2) is 7.25. The Labute approximate surface area is 165 Å². The highest BCUT2D eigenvalue weighted by atomic mass is 35.5. The van der Waals surface area contributed by atoms with Crippen molar-refractivity contribution >= 4 is 34.8 Å². The molecule has 0 aliphatic carbocycles. The zero-order chi connectivity index (χ0) is 20.4. The predicted molar refractivity (Wildman–Crippen MR) is 101 cm³/mol. The Bertz CT molecular complexity index is 1180. The van der Waals surface area contributed by atoms with Gasteiger partial charge in [-0.25, -0.2) is 4.90 Å². The summed E-state index contributed by atoms with van der Waals surface area (Å²) >= 11 is 5.93. The van der Waals surface area contributed by atoms with E-state index in [1.54, 1.807) is 49.4 Å². The van der Waals surface area contributed by atoms with E-state index in [9.17, 15) is 9.59 Å². The number of rotatable bonds is 3. The van der Waals surface area contributed by atoms with Gasteiger partial charge in [-0.2, -0.15) is 15.8 Å². The number of hydrogen-bond donors (Lipinski definition) is 1. The Morgan fingerprint density at radius 2 is 1.64 bits per heavy atom. The van der Waals surface area contributed by atoms with Crippen LogP contribution in [0.3, 0.4) is 0 Å². The minimum Gasteiger partial charge on any atom is -0.345 e. The third-order valence-corrected chi connectivity index (χ3v) is 4.38. The van der Waals surface area contributed by atoms with Gasteiger partial charge in [-0.1, -0.05) is 11.6 Å². The van der Waals surface area contributed by atoms with Crippen molar-refractivity contribution in [3.63, 3.8) is 0 Å². The van der Waals surface area contributed by atoms with Crippen LogP contribution in [-0.2, 0) is 0 Å². The second-order valence-electron chi connectivity index (χ2n) is 5.85. The molecular weight excluding hydrogens is 378 g/mol. The molecule has 3 rings (SSSR count). The van der Waals surface area contributed by atoms with Gasteiger partial charge in [0, 0.05) is 10.7 Å². The molecular formula is C20H10ClN5O2. The molecule has 0 saturated carbocycles. The zero-order valence-electron chi connectivity index (χ0n) is 14.4. The number of nitrogens with zero attached hydrogens (tertiary/aromatic N) is 4. The number of aryl methyl sites for hydroxylation is 1. The number of halogens is 1. The van der Waals surface area contributed by atoms with E-state index in [-0.39, 0.29) is 22.4 Å². The van der Waals surface area contributed by atoms with Crippen molar-refractivity contribution in [2.24, 2.45) is 0 Å². The molecule has 0 unspecified atom stereocenters. The summed E-state index contributed by atoms with van der Waals surface area (Å²) < 4.78 is 0. The summed E-state index contributed by atoms with van der Waals surface area (Å²) in [6.45, 7) is 1.70. The molecule has 1 aliphatic rings. The molecule has 0 radical (unpaired) electrons. The molecule has 1 heterocycles. The quantitative estimate of drug-likeness (QED) is 0.633. The molecule has 0 spiro atoms. The van der Waals surface area contributed by atoms with Crippen LogP contribution in [0.5, 0.6) is 0 Å². The number of carbonyl (C=O) groups excluding carboxylic acids is 2. The molecule has 0 saturated heterocycles. The molecule has 0 atom stereocenters. The highest BCUT2D eigenvalue weighted by Crippen LogP contribution is 2.33. The lowest BCUT2D eigenvalue weighted by atomic mass is 10.1. The summed E-state index contributed by atoms with van der Waals surface area (Å²) in [6, 6.07) is 14.3. The van der Waals surface area contributed by atoms with Gasteiger partial charge in [0.1, 0.15) is 23.9 Å². The molecule has 2 aromatic carbocycles. The van der Waals surface area contributed by atoms with Crippen LogP contribution in [0, 0.1) is 40.9 Å². The van der Waals surface area contributed by atoms with Crippen LogP contribution in [0.1, 0.15) is 26.3 Å². The summed E-state index contributed by atoms with van der Waals surface area (Å²) in [5, 5.41) is 30.0. The molecule has 2 amide bonds. The molecule has 28 heavy (non-hydrogen) atoms. The zero-order valence-corrected chi connectivity index (χ0v) is 15.2. The summed E-state index contributed by atoms with van der Waals surface area (Å²) in [5.74, 6) is -0.922. The van der Waals surface area contributed by atoms with E-state index in [0.29, 0.717) is 22.0 Å². The van der Waals surface area contributed by atoms with Crippen LogP contribution < -0.4 is 10.2 Å². The van der Waals surface area contributed by atoms with Gasteiger partial charge in [-0.3, -0.25) is 9.59 Å². The maximum atomic E-state index is 12.7. The number of imide groups is 1. The van der Waals surface area contributed by atoms with E-state index < -0.39 is 11.8 Å². The molecule has 0 bridgehead atoms. The monoisotopic (exact) mass is 387 g/mol. The lowest BCUT2D eigenvalue weighted by Gasteiger charge is -2.17. The lowest BCUT2D eigenvalue weighted by Crippen LogP contribution is -2.30. The molecule has 2 aromatic rings. The van der Waals surface area contributed by atoms with Crippen LogP contribution in [0.25, 0.3) is 0 Å². The van der Waals surface area contributed by atoms with Gasteiger partial charge in [0.15, 0.2) is 5.57 Å². The van der Waals surface area contributed by atoms with E-state index in [0.717, 1.165) is 4.90 Å². The summed E-state index contributed by atoms with van der Waals surface area (Å²) in [6.07, 6.45) is 0. The minimum absolute atomic E-state index is 0.187. The first kappa shape index (κ1) is 18.7. The van der Waals surface area contributed by atoms with Gasteiger partial charge in [0.25, 0.3) is 11.8 Å². The van der Waals surface area contributed by atoms with Crippen LogP contribution in [0.15, 0.2) is 47.7 Å². The Morgan fingerprint density at radius 3 is 2.25 bits per heavy atom. The van der Waals surface area contributed by atoms with Crippen molar-refractivity contribution in [3.8, 4) is 18.2 Å². The number of anilines is 2. The van der Waals surface area contributed by atoms with Crippen molar-refractivity contribution in [3.05, 3.63) is 69.4 Å². The minimum atomic E-state index is -0.472. The first-order chi connectivity index (χ1) is 13.4. The Balaban J connectivity index is 1.97. The van der Waals surface area contributed by atoms with Crippen LogP contribution >= 0.6 is 11.6 Å². The number of nitriles is 3. The lowest BCUT2D eigenvalue weighted by molar-refractivity contribution is 0.0926. The highest BCUT2D eigenvalue weighted by molar-refractivity contribution is 6.36. The van der Waals surface area contributed by atoms with Crippen molar-refractivity contribution in [1.29, 1.82) is 15.8 Å². The van der Waals surface area contributed by atoms with Gasteiger partial charge >= 0.3 is 0 Å². The largest absolute Gasteiger partial charge is 0.345 e. The smallest absolute Gasteiger partial charge is 0.266 e. The fourth-order valence-corrected chi connectivity index (χ4v) is 3.02. The number of allylic oxidation sites excluding steroid dienone is 2. The normalized spacial score (nSPS) is 11.9. The maximum Gasteiger partial charge on any atom is 0.266 e. The molecule has 1 N–H and O–H groups in total. The number of carbonyl (C=O) groups is 2. The van der Waals surface area contributed by atoms with E-state index in [1.165, 1.54) is 12.1 Å². The van der Waals surface area contributed by atoms with Crippen molar-refractivity contribution < 1.29 is 9.59 Å². The maximum absolute atomic E-state index is 12.7. The topological polar surface area (TPSA) is 121 Å². The Hall–Kier alpha value is -4.12. The predicted octanol–water partition coefficient (Wildman–Crippen LogP) is 3.69. The van der Waals surface area contributed by atoms with Crippen molar-refractivity contribution in [2.75, 3.05) is 10.2 Å². The van der Waals surface area contributed by atoms with Crippen LogP contribution in [0.4, 0.5) is 11.4 Å². The number of fused-ring (bicyclic) bond motifs is 1. The third kappa shape index (κ3) is 3.05. The average Bonchev–Trinajstić information content (AvgIpc) is 2.92. The second-order valence-corrected chi connectivity index (χ2v) is 6.28. The highest BCUT2D eigenvalue weighted by Gasteiger charge is 2.37. The number of hydrogen-bond acceptors (Lipinski definition) is 6. The number of amides is 2. The molecule has 0 aromatic heterocycles. The average molecular weight is 388 g/mol. The SMILES string of the molecule is Cc1cc(NC(C#N)=C(C#N)C#N)ccc1N1C(=O)c2ccc(Cl)cc2C1=O. The molecule has 1 aliphatic heterocycles. The summed E-state index contributed by atoms with van der Waals surface area (Å²) in [7, 11) is 0. The summed E-state index contributed by atoms with van der Waals surface area (Å²) in [5.41, 5.74) is 1.38. The van der Waals surface area contributed by atoms with E-state index in [4.69, 9.17) is 27.4 Å². The fraction of sp³-hybridized carbons (Fsp3) is 0.0500. The molecule has 8 heteroatoms.